The average Bonchev–Trinajstić information content (AvgIpc) is 3.10. The summed E-state index contributed by atoms with van der Waals surface area (Å²) in [5, 5.41) is 8.52. The Bertz CT molecular complexity index is 1070. The zero-order valence-electron chi connectivity index (χ0n) is 17.3. The van der Waals surface area contributed by atoms with Crippen LogP contribution in [0, 0.1) is 5.82 Å². The molecule has 0 bridgehead atoms. The molecule has 1 N–H and O–H groups in total. The first-order valence-corrected chi connectivity index (χ1v) is 10.4. The van der Waals surface area contributed by atoms with E-state index in [9.17, 15) is 9.18 Å². The largest absolute Gasteiger partial charge is 0.350 e. The standard InChI is InChI=1S/C23H24Cl2FN3O/c1-14(19-9-8-16(26)11-20(19)25)22(30)27-13-18-12-21(23(2,3)4)28-29(18)17-7-5-6-15(24)10-17/h5-12,14H,13H2,1-4H3,(H,27,30). The summed E-state index contributed by atoms with van der Waals surface area (Å²) in [6.45, 7) is 8.26. The van der Waals surface area contributed by atoms with Crippen LogP contribution in [0.4, 0.5) is 4.39 Å². The molecular formula is C23H24Cl2FN3O. The summed E-state index contributed by atoms with van der Waals surface area (Å²) in [6.07, 6.45) is 0. The first kappa shape index (κ1) is 22.3. The van der Waals surface area contributed by atoms with Crippen LogP contribution in [-0.2, 0) is 16.8 Å². The lowest BCUT2D eigenvalue weighted by Gasteiger charge is -2.15. The Balaban J connectivity index is 1.85. The number of hydrogen-bond acceptors (Lipinski definition) is 2. The highest BCUT2D eigenvalue weighted by atomic mass is 35.5. The maximum atomic E-state index is 13.3. The number of halogens is 3. The van der Waals surface area contributed by atoms with Crippen molar-refractivity contribution in [3.63, 3.8) is 0 Å². The van der Waals surface area contributed by atoms with E-state index >= 15 is 0 Å². The molecule has 0 saturated carbocycles. The Hall–Kier alpha value is -2.37. The summed E-state index contributed by atoms with van der Waals surface area (Å²) in [5.41, 5.74) is 2.97. The number of rotatable bonds is 5. The van der Waals surface area contributed by atoms with Crippen molar-refractivity contribution in [3.05, 3.63) is 81.3 Å². The number of benzene rings is 2. The lowest BCUT2D eigenvalue weighted by atomic mass is 9.92. The minimum atomic E-state index is -0.525. The summed E-state index contributed by atoms with van der Waals surface area (Å²) in [5.74, 6) is -1.17. The van der Waals surface area contributed by atoms with E-state index in [1.165, 1.54) is 18.2 Å². The molecule has 0 aliphatic rings. The van der Waals surface area contributed by atoms with E-state index in [1.807, 2.05) is 24.3 Å². The SMILES string of the molecule is CC(C(=O)NCc1cc(C(C)(C)C)nn1-c1cccc(Cl)c1)c1ccc(F)cc1Cl. The Kier molecular flexibility index (Phi) is 6.53. The molecule has 158 valence electrons. The second-order valence-corrected chi connectivity index (χ2v) is 9.11. The minimum Gasteiger partial charge on any atom is -0.350 e. The van der Waals surface area contributed by atoms with E-state index in [4.69, 9.17) is 28.3 Å². The predicted molar refractivity (Wildman–Crippen MR) is 119 cm³/mol. The second-order valence-electron chi connectivity index (χ2n) is 8.27. The number of amides is 1. The molecule has 4 nitrogen and oxygen atoms in total. The number of nitrogens with zero attached hydrogens (tertiary/aromatic N) is 2. The van der Waals surface area contributed by atoms with Crippen LogP contribution in [0.3, 0.4) is 0 Å². The van der Waals surface area contributed by atoms with Gasteiger partial charge in [0.15, 0.2) is 0 Å². The van der Waals surface area contributed by atoms with E-state index in [2.05, 4.69) is 26.1 Å². The third-order valence-electron chi connectivity index (χ3n) is 4.87. The van der Waals surface area contributed by atoms with Gasteiger partial charge in [-0.2, -0.15) is 5.10 Å². The van der Waals surface area contributed by atoms with Gasteiger partial charge in [-0.25, -0.2) is 9.07 Å². The summed E-state index contributed by atoms with van der Waals surface area (Å²) < 4.78 is 15.1. The molecule has 0 aliphatic carbocycles. The van der Waals surface area contributed by atoms with Crippen molar-refractivity contribution < 1.29 is 9.18 Å². The van der Waals surface area contributed by atoms with Crippen LogP contribution in [0.2, 0.25) is 10.0 Å². The van der Waals surface area contributed by atoms with Gasteiger partial charge < -0.3 is 5.32 Å². The number of aromatic nitrogens is 2. The molecular weight excluding hydrogens is 424 g/mol. The summed E-state index contributed by atoms with van der Waals surface area (Å²) in [6, 6.07) is 13.4. The number of hydrogen-bond donors (Lipinski definition) is 1. The maximum Gasteiger partial charge on any atom is 0.227 e. The Labute approximate surface area is 186 Å². The number of nitrogens with one attached hydrogen (secondary N) is 1. The molecule has 3 rings (SSSR count). The van der Waals surface area contributed by atoms with Crippen LogP contribution in [0.25, 0.3) is 5.69 Å². The van der Waals surface area contributed by atoms with Crippen LogP contribution < -0.4 is 5.32 Å². The second kappa shape index (κ2) is 8.78. The first-order chi connectivity index (χ1) is 14.1. The highest BCUT2D eigenvalue weighted by Crippen LogP contribution is 2.27. The van der Waals surface area contributed by atoms with Crippen LogP contribution in [0.5, 0.6) is 0 Å². The topological polar surface area (TPSA) is 46.9 Å². The zero-order chi connectivity index (χ0) is 22.1. The van der Waals surface area contributed by atoms with Crippen molar-refractivity contribution in [3.8, 4) is 5.69 Å². The molecule has 0 fully saturated rings. The van der Waals surface area contributed by atoms with Gasteiger partial charge in [0.1, 0.15) is 5.82 Å². The highest BCUT2D eigenvalue weighted by Gasteiger charge is 2.22. The van der Waals surface area contributed by atoms with Crippen LogP contribution in [-0.4, -0.2) is 15.7 Å². The van der Waals surface area contributed by atoms with E-state index in [0.717, 1.165) is 17.1 Å². The highest BCUT2D eigenvalue weighted by molar-refractivity contribution is 6.31. The van der Waals surface area contributed by atoms with Crippen molar-refractivity contribution in [1.82, 2.24) is 15.1 Å². The lowest BCUT2D eigenvalue weighted by Crippen LogP contribution is -2.28. The number of carbonyl (C=O) groups excluding carboxylic acids is 1. The molecule has 30 heavy (non-hydrogen) atoms. The average molecular weight is 448 g/mol. The molecule has 1 heterocycles. The summed E-state index contributed by atoms with van der Waals surface area (Å²) in [4.78, 5) is 12.7. The molecule has 1 atom stereocenters. The Morgan fingerprint density at radius 2 is 1.90 bits per heavy atom. The van der Waals surface area contributed by atoms with Gasteiger partial charge in [-0.05, 0) is 48.9 Å². The molecule has 0 saturated heterocycles. The third kappa shape index (κ3) is 5.02. The molecule has 7 heteroatoms. The molecule has 1 unspecified atom stereocenters. The third-order valence-corrected chi connectivity index (χ3v) is 5.43. The van der Waals surface area contributed by atoms with Gasteiger partial charge in [-0.3, -0.25) is 4.79 Å². The molecule has 1 aromatic heterocycles. The fourth-order valence-corrected chi connectivity index (χ4v) is 3.58. The smallest absolute Gasteiger partial charge is 0.227 e. The fourth-order valence-electron chi connectivity index (χ4n) is 3.07. The molecule has 0 spiro atoms. The van der Waals surface area contributed by atoms with Gasteiger partial charge in [0.25, 0.3) is 0 Å². The van der Waals surface area contributed by atoms with E-state index in [1.54, 1.807) is 17.7 Å². The van der Waals surface area contributed by atoms with Crippen molar-refractivity contribution >= 4 is 29.1 Å². The zero-order valence-corrected chi connectivity index (χ0v) is 18.9. The van der Waals surface area contributed by atoms with Gasteiger partial charge >= 0.3 is 0 Å². The summed E-state index contributed by atoms with van der Waals surface area (Å²) in [7, 11) is 0. The van der Waals surface area contributed by atoms with Crippen LogP contribution in [0.1, 0.15) is 50.6 Å². The minimum absolute atomic E-state index is 0.155. The monoisotopic (exact) mass is 447 g/mol. The van der Waals surface area contributed by atoms with Gasteiger partial charge in [-0.1, -0.05) is 56.1 Å². The van der Waals surface area contributed by atoms with Crippen LogP contribution >= 0.6 is 23.2 Å². The molecule has 2 aromatic carbocycles. The van der Waals surface area contributed by atoms with E-state index < -0.39 is 11.7 Å². The Morgan fingerprint density at radius 1 is 1.17 bits per heavy atom. The van der Waals surface area contributed by atoms with Crippen molar-refractivity contribution in [1.29, 1.82) is 0 Å². The number of carbonyl (C=O) groups is 1. The van der Waals surface area contributed by atoms with Crippen molar-refractivity contribution in [2.75, 3.05) is 0 Å². The van der Waals surface area contributed by atoms with E-state index in [-0.39, 0.29) is 22.9 Å². The first-order valence-electron chi connectivity index (χ1n) is 9.64. The van der Waals surface area contributed by atoms with Gasteiger partial charge in [0, 0.05) is 15.5 Å². The maximum absolute atomic E-state index is 13.3. The molecule has 1 amide bonds. The Morgan fingerprint density at radius 3 is 2.53 bits per heavy atom. The molecule has 0 radical (unpaired) electrons. The van der Waals surface area contributed by atoms with Gasteiger partial charge in [0.05, 0.1) is 29.5 Å². The molecule has 3 aromatic rings. The lowest BCUT2D eigenvalue weighted by molar-refractivity contribution is -0.122. The van der Waals surface area contributed by atoms with Crippen LogP contribution in [0.15, 0.2) is 48.5 Å². The van der Waals surface area contributed by atoms with E-state index in [0.29, 0.717) is 10.6 Å². The quantitative estimate of drug-likeness (QED) is 0.518. The molecule has 0 aliphatic heterocycles. The predicted octanol–water partition coefficient (Wildman–Crippen LogP) is 6.04. The normalized spacial score (nSPS) is 12.6. The summed E-state index contributed by atoms with van der Waals surface area (Å²) >= 11 is 12.3. The van der Waals surface area contributed by atoms with Gasteiger partial charge in [-0.15, -0.1) is 0 Å². The van der Waals surface area contributed by atoms with Crippen molar-refractivity contribution in [2.24, 2.45) is 0 Å². The van der Waals surface area contributed by atoms with Gasteiger partial charge in [0.2, 0.25) is 5.91 Å². The fraction of sp³-hybridized carbons (Fsp3) is 0.304. The van der Waals surface area contributed by atoms with Crippen molar-refractivity contribution in [2.45, 2.75) is 45.6 Å².